The number of amides is 1. The lowest BCUT2D eigenvalue weighted by atomic mass is 9.95. The Kier molecular flexibility index (Phi) is 1.99. The van der Waals surface area contributed by atoms with E-state index in [4.69, 9.17) is 10.5 Å². The fourth-order valence-corrected chi connectivity index (χ4v) is 2.58. The summed E-state index contributed by atoms with van der Waals surface area (Å²) in [6.07, 6.45) is 4.29. The van der Waals surface area contributed by atoms with Gasteiger partial charge in [-0.15, -0.1) is 0 Å². The number of hydrogen-bond acceptors (Lipinski definition) is 2. The number of benzene rings is 1. The van der Waals surface area contributed by atoms with E-state index in [0.29, 0.717) is 6.42 Å². The van der Waals surface area contributed by atoms with Crippen LogP contribution in [0, 0.1) is 0 Å². The van der Waals surface area contributed by atoms with Crippen LogP contribution in [0.1, 0.15) is 23.1 Å². The zero-order valence-corrected chi connectivity index (χ0v) is 8.95. The zero-order valence-electron chi connectivity index (χ0n) is 8.95. The van der Waals surface area contributed by atoms with Crippen LogP contribution < -0.4 is 10.5 Å². The lowest BCUT2D eigenvalue weighted by molar-refractivity contribution is -0.117. The average Bonchev–Trinajstić information content (AvgIpc) is 2.82. The van der Waals surface area contributed by atoms with E-state index in [-0.39, 0.29) is 5.91 Å². The van der Waals surface area contributed by atoms with Gasteiger partial charge in [0, 0.05) is 12.0 Å². The summed E-state index contributed by atoms with van der Waals surface area (Å²) in [6, 6.07) is 4.12. The predicted molar refractivity (Wildman–Crippen MR) is 61.1 cm³/mol. The Bertz CT molecular complexity index is 503. The molecule has 0 spiro atoms. The van der Waals surface area contributed by atoms with Crippen LogP contribution in [0.5, 0.6) is 5.75 Å². The van der Waals surface area contributed by atoms with Gasteiger partial charge < -0.3 is 10.5 Å². The van der Waals surface area contributed by atoms with Crippen molar-refractivity contribution >= 4 is 11.5 Å². The van der Waals surface area contributed by atoms with Crippen molar-refractivity contribution in [3.8, 4) is 5.75 Å². The summed E-state index contributed by atoms with van der Waals surface area (Å²) in [5.74, 6) is 0.701. The maximum Gasteiger partial charge on any atom is 0.221 e. The molecule has 0 saturated carbocycles. The molecule has 1 aliphatic heterocycles. The number of carbonyl (C=O) groups excluding carboxylic acids is 1. The van der Waals surface area contributed by atoms with Crippen molar-refractivity contribution in [2.45, 2.75) is 19.3 Å². The molecular formula is C13H13NO2. The van der Waals surface area contributed by atoms with Gasteiger partial charge in [-0.1, -0.05) is 12.1 Å². The first-order valence-corrected chi connectivity index (χ1v) is 5.51. The van der Waals surface area contributed by atoms with Crippen LogP contribution in [-0.2, 0) is 17.6 Å². The van der Waals surface area contributed by atoms with Crippen LogP contribution in [-0.4, -0.2) is 12.5 Å². The summed E-state index contributed by atoms with van der Waals surface area (Å²) in [5, 5.41) is 0. The average molecular weight is 215 g/mol. The molecule has 0 aromatic heterocycles. The van der Waals surface area contributed by atoms with Crippen LogP contribution in [0.15, 0.2) is 18.2 Å². The maximum atomic E-state index is 11.0. The highest BCUT2D eigenvalue weighted by Gasteiger charge is 2.24. The van der Waals surface area contributed by atoms with Gasteiger partial charge >= 0.3 is 0 Å². The number of nitrogens with two attached hydrogens (primary N) is 1. The maximum absolute atomic E-state index is 11.0. The SMILES string of the molecule is NC(=O)CC1=CCc2ccc3c(c21)CCO3. The number of ether oxygens (including phenoxy) is 1. The molecule has 0 fully saturated rings. The molecule has 0 radical (unpaired) electrons. The third-order valence-electron chi connectivity index (χ3n) is 3.22. The summed E-state index contributed by atoms with van der Waals surface area (Å²) in [6.45, 7) is 0.746. The molecule has 16 heavy (non-hydrogen) atoms. The van der Waals surface area contributed by atoms with E-state index in [0.717, 1.165) is 30.8 Å². The molecule has 2 aliphatic rings. The molecule has 3 rings (SSSR count). The highest BCUT2D eigenvalue weighted by atomic mass is 16.5. The topological polar surface area (TPSA) is 52.3 Å². The van der Waals surface area contributed by atoms with Gasteiger partial charge in [0.25, 0.3) is 0 Å². The molecule has 0 atom stereocenters. The van der Waals surface area contributed by atoms with Crippen molar-refractivity contribution in [2.75, 3.05) is 6.61 Å². The minimum atomic E-state index is -0.268. The molecule has 0 bridgehead atoms. The van der Waals surface area contributed by atoms with Gasteiger partial charge in [-0.2, -0.15) is 0 Å². The summed E-state index contributed by atoms with van der Waals surface area (Å²) in [7, 11) is 0. The van der Waals surface area contributed by atoms with Gasteiger partial charge in [-0.3, -0.25) is 4.79 Å². The summed E-state index contributed by atoms with van der Waals surface area (Å²) < 4.78 is 5.53. The van der Waals surface area contributed by atoms with Gasteiger partial charge in [-0.25, -0.2) is 0 Å². The smallest absolute Gasteiger partial charge is 0.221 e. The molecule has 1 aromatic carbocycles. The van der Waals surface area contributed by atoms with Gasteiger partial charge in [0.05, 0.1) is 13.0 Å². The van der Waals surface area contributed by atoms with E-state index in [9.17, 15) is 4.79 Å². The van der Waals surface area contributed by atoms with Crippen LogP contribution in [0.4, 0.5) is 0 Å². The van der Waals surface area contributed by atoms with Gasteiger partial charge in [0.15, 0.2) is 0 Å². The first-order chi connectivity index (χ1) is 7.75. The predicted octanol–water partition coefficient (Wildman–Crippen LogP) is 1.44. The molecule has 1 aliphatic carbocycles. The second kappa shape index (κ2) is 3.37. The molecule has 0 saturated heterocycles. The Hall–Kier alpha value is -1.77. The number of rotatable bonds is 2. The van der Waals surface area contributed by atoms with Crippen molar-refractivity contribution in [1.29, 1.82) is 0 Å². The Morgan fingerprint density at radius 1 is 1.44 bits per heavy atom. The first-order valence-electron chi connectivity index (χ1n) is 5.51. The fraction of sp³-hybridized carbons (Fsp3) is 0.308. The molecular weight excluding hydrogens is 202 g/mol. The van der Waals surface area contributed by atoms with Crippen molar-refractivity contribution in [2.24, 2.45) is 5.73 Å². The van der Waals surface area contributed by atoms with E-state index < -0.39 is 0 Å². The van der Waals surface area contributed by atoms with Crippen molar-refractivity contribution in [1.82, 2.24) is 0 Å². The molecule has 82 valence electrons. The van der Waals surface area contributed by atoms with Crippen LogP contribution in [0.3, 0.4) is 0 Å². The summed E-state index contributed by atoms with van der Waals surface area (Å²) in [5.41, 5.74) is 10.1. The highest BCUT2D eigenvalue weighted by molar-refractivity contribution is 5.91. The highest BCUT2D eigenvalue weighted by Crippen LogP contribution is 2.39. The van der Waals surface area contributed by atoms with Gasteiger partial charge in [-0.05, 0) is 29.2 Å². The largest absolute Gasteiger partial charge is 0.493 e. The number of fused-ring (bicyclic) bond motifs is 3. The van der Waals surface area contributed by atoms with Crippen molar-refractivity contribution in [3.63, 3.8) is 0 Å². The van der Waals surface area contributed by atoms with Crippen LogP contribution in [0.25, 0.3) is 5.57 Å². The molecule has 3 nitrogen and oxygen atoms in total. The van der Waals surface area contributed by atoms with E-state index >= 15 is 0 Å². The Morgan fingerprint density at radius 2 is 2.31 bits per heavy atom. The Labute approximate surface area is 93.9 Å². The minimum absolute atomic E-state index is 0.268. The van der Waals surface area contributed by atoms with Gasteiger partial charge in [0.2, 0.25) is 5.91 Å². The lowest BCUT2D eigenvalue weighted by Crippen LogP contribution is -2.10. The van der Waals surface area contributed by atoms with E-state index in [2.05, 4.69) is 12.1 Å². The molecule has 1 heterocycles. The Morgan fingerprint density at radius 3 is 3.12 bits per heavy atom. The molecule has 2 N–H and O–H groups in total. The normalized spacial score (nSPS) is 16.4. The second-order valence-corrected chi connectivity index (χ2v) is 4.25. The summed E-state index contributed by atoms with van der Waals surface area (Å²) in [4.78, 5) is 11.0. The first kappa shape index (κ1) is 9.46. The molecule has 1 aromatic rings. The lowest BCUT2D eigenvalue weighted by Gasteiger charge is -2.09. The standard InChI is InChI=1S/C13H13NO2/c14-12(15)7-9-2-1-8-3-4-11-10(13(8)9)5-6-16-11/h2-4H,1,5-7H2,(H2,14,15). The fourth-order valence-electron chi connectivity index (χ4n) is 2.58. The number of carbonyl (C=O) groups is 1. The van der Waals surface area contributed by atoms with Crippen LogP contribution >= 0.6 is 0 Å². The summed E-state index contributed by atoms with van der Waals surface area (Å²) >= 11 is 0. The third kappa shape index (κ3) is 1.32. The monoisotopic (exact) mass is 215 g/mol. The van der Waals surface area contributed by atoms with Gasteiger partial charge in [0.1, 0.15) is 5.75 Å². The molecule has 1 amide bonds. The third-order valence-corrected chi connectivity index (χ3v) is 3.22. The molecule has 3 heteroatoms. The van der Waals surface area contributed by atoms with E-state index in [1.54, 1.807) is 0 Å². The molecule has 0 unspecified atom stereocenters. The van der Waals surface area contributed by atoms with Crippen molar-refractivity contribution in [3.05, 3.63) is 34.9 Å². The minimum Gasteiger partial charge on any atom is -0.493 e. The number of hydrogen-bond donors (Lipinski definition) is 1. The quantitative estimate of drug-likeness (QED) is 0.811. The van der Waals surface area contributed by atoms with Crippen LogP contribution in [0.2, 0.25) is 0 Å². The number of primary amides is 1. The number of allylic oxidation sites excluding steroid dienone is 1. The van der Waals surface area contributed by atoms with E-state index in [1.165, 1.54) is 16.7 Å². The van der Waals surface area contributed by atoms with Crippen molar-refractivity contribution < 1.29 is 9.53 Å². The second-order valence-electron chi connectivity index (χ2n) is 4.25. The van der Waals surface area contributed by atoms with E-state index in [1.807, 2.05) is 6.07 Å². The Balaban J connectivity index is 2.08. The zero-order chi connectivity index (χ0) is 11.1.